The standard InChI is InChI=1S/C11H9Cl2NO/c12-10-2-1-7(4-11(10)13)8(5-14)3-9-6-15-9/h1-2,4,9,14H,3,6H2/t9-/m0/s1. The van der Waals surface area contributed by atoms with E-state index in [0.29, 0.717) is 16.5 Å². The lowest BCUT2D eigenvalue weighted by Crippen LogP contribution is -1.91. The van der Waals surface area contributed by atoms with Crippen LogP contribution in [0.5, 0.6) is 0 Å². The summed E-state index contributed by atoms with van der Waals surface area (Å²) in [6.45, 7) is 0.770. The van der Waals surface area contributed by atoms with Crippen LogP contribution in [0.2, 0.25) is 10.0 Å². The summed E-state index contributed by atoms with van der Waals surface area (Å²) >= 11 is 11.7. The molecule has 1 aliphatic rings. The van der Waals surface area contributed by atoms with Crippen molar-refractivity contribution in [1.82, 2.24) is 0 Å². The fraction of sp³-hybridized carbons (Fsp3) is 0.273. The van der Waals surface area contributed by atoms with Gasteiger partial charge in [0.05, 0.1) is 22.8 Å². The molecule has 0 aromatic heterocycles. The third-order valence-electron chi connectivity index (χ3n) is 2.25. The number of benzene rings is 1. The molecule has 0 unspecified atom stereocenters. The minimum atomic E-state index is 0.243. The van der Waals surface area contributed by atoms with Gasteiger partial charge in [-0.2, -0.15) is 0 Å². The van der Waals surface area contributed by atoms with Crippen LogP contribution in [0.25, 0.3) is 5.57 Å². The summed E-state index contributed by atoms with van der Waals surface area (Å²) in [5, 5.41) is 8.24. The molecule has 0 aliphatic carbocycles. The summed E-state index contributed by atoms with van der Waals surface area (Å²) in [5.41, 5.74) is 1.69. The van der Waals surface area contributed by atoms with Gasteiger partial charge in [0.2, 0.25) is 0 Å². The van der Waals surface area contributed by atoms with Gasteiger partial charge in [-0.1, -0.05) is 29.3 Å². The summed E-state index contributed by atoms with van der Waals surface area (Å²) in [7, 11) is 0. The van der Waals surface area contributed by atoms with Crippen molar-refractivity contribution in [3.05, 3.63) is 33.8 Å². The van der Waals surface area contributed by atoms with Crippen molar-refractivity contribution >= 4 is 34.6 Å². The van der Waals surface area contributed by atoms with Crippen LogP contribution in [0.4, 0.5) is 0 Å². The first-order valence-corrected chi connectivity index (χ1v) is 5.32. The van der Waals surface area contributed by atoms with Gasteiger partial charge in [0.25, 0.3) is 0 Å². The predicted molar refractivity (Wildman–Crippen MR) is 62.0 cm³/mol. The van der Waals surface area contributed by atoms with Crippen molar-refractivity contribution in [3.63, 3.8) is 0 Å². The highest BCUT2D eigenvalue weighted by Gasteiger charge is 2.24. The predicted octanol–water partition coefficient (Wildman–Crippen LogP) is 3.41. The van der Waals surface area contributed by atoms with E-state index in [0.717, 1.165) is 17.7 Å². The second-order valence-electron chi connectivity index (χ2n) is 3.39. The SMILES string of the molecule is N=C=C(C[C@H]1CO1)c1ccc(Cl)c(Cl)c1. The second kappa shape index (κ2) is 4.38. The molecule has 1 N–H and O–H groups in total. The van der Waals surface area contributed by atoms with Crippen molar-refractivity contribution < 1.29 is 4.74 Å². The monoisotopic (exact) mass is 241 g/mol. The minimum Gasteiger partial charge on any atom is -0.373 e. The summed E-state index contributed by atoms with van der Waals surface area (Å²) in [6, 6.07) is 5.32. The zero-order valence-electron chi connectivity index (χ0n) is 7.89. The topological polar surface area (TPSA) is 36.4 Å². The Bertz CT molecular complexity index is 434. The molecule has 1 aliphatic heterocycles. The van der Waals surface area contributed by atoms with Gasteiger partial charge in [-0.15, -0.1) is 0 Å². The Morgan fingerprint density at radius 3 is 2.73 bits per heavy atom. The van der Waals surface area contributed by atoms with Gasteiger partial charge >= 0.3 is 0 Å². The van der Waals surface area contributed by atoms with Crippen molar-refractivity contribution in [2.24, 2.45) is 0 Å². The summed E-state index contributed by atoms with van der Waals surface area (Å²) in [6.07, 6.45) is 0.953. The maximum atomic E-state index is 7.22. The molecule has 0 radical (unpaired) electrons. The van der Waals surface area contributed by atoms with Crippen molar-refractivity contribution in [2.75, 3.05) is 6.61 Å². The Morgan fingerprint density at radius 2 is 2.20 bits per heavy atom. The quantitative estimate of drug-likeness (QED) is 0.639. The Balaban J connectivity index is 2.26. The number of nitrogens with one attached hydrogen (secondary N) is 1. The molecule has 1 saturated heterocycles. The van der Waals surface area contributed by atoms with E-state index in [9.17, 15) is 0 Å². The molecule has 1 aromatic carbocycles. The third kappa shape index (κ3) is 2.61. The highest BCUT2D eigenvalue weighted by molar-refractivity contribution is 6.42. The lowest BCUT2D eigenvalue weighted by Gasteiger charge is -2.04. The fourth-order valence-corrected chi connectivity index (χ4v) is 1.64. The van der Waals surface area contributed by atoms with Gasteiger partial charge in [0, 0.05) is 12.0 Å². The van der Waals surface area contributed by atoms with Crippen LogP contribution >= 0.6 is 23.2 Å². The molecular weight excluding hydrogens is 233 g/mol. The molecule has 2 rings (SSSR count). The Hall–Kier alpha value is -0.790. The average Bonchev–Trinajstić information content (AvgIpc) is 3.02. The van der Waals surface area contributed by atoms with E-state index in [2.05, 4.69) is 5.87 Å². The largest absolute Gasteiger partial charge is 0.373 e. The molecule has 0 bridgehead atoms. The average molecular weight is 242 g/mol. The normalized spacial score (nSPS) is 18.4. The second-order valence-corrected chi connectivity index (χ2v) is 4.21. The van der Waals surface area contributed by atoms with Crippen LogP contribution in [0.3, 0.4) is 0 Å². The van der Waals surface area contributed by atoms with Gasteiger partial charge in [-0.3, -0.25) is 5.41 Å². The van der Waals surface area contributed by atoms with Crippen molar-refractivity contribution in [1.29, 1.82) is 5.41 Å². The third-order valence-corrected chi connectivity index (χ3v) is 2.99. The zero-order chi connectivity index (χ0) is 10.8. The number of halogens is 2. The molecule has 0 spiro atoms. The number of ether oxygens (including phenoxy) is 1. The van der Waals surface area contributed by atoms with Gasteiger partial charge in [-0.05, 0) is 23.6 Å². The lowest BCUT2D eigenvalue weighted by atomic mass is 10.0. The van der Waals surface area contributed by atoms with E-state index in [1.807, 2.05) is 6.07 Å². The van der Waals surface area contributed by atoms with Crippen LogP contribution in [0.1, 0.15) is 12.0 Å². The maximum absolute atomic E-state index is 7.22. The van der Waals surface area contributed by atoms with Gasteiger partial charge < -0.3 is 4.74 Å². The minimum absolute atomic E-state index is 0.243. The molecule has 1 heterocycles. The number of rotatable bonds is 3. The zero-order valence-corrected chi connectivity index (χ0v) is 9.40. The smallest absolute Gasteiger partial charge is 0.0857 e. The molecule has 15 heavy (non-hydrogen) atoms. The van der Waals surface area contributed by atoms with E-state index < -0.39 is 0 Å². The molecule has 0 saturated carbocycles. The van der Waals surface area contributed by atoms with Crippen LogP contribution in [0, 0.1) is 5.41 Å². The van der Waals surface area contributed by atoms with Crippen LogP contribution in [0.15, 0.2) is 18.2 Å². The molecule has 2 nitrogen and oxygen atoms in total. The molecular formula is C11H9Cl2NO. The molecule has 1 atom stereocenters. The van der Waals surface area contributed by atoms with Crippen LogP contribution < -0.4 is 0 Å². The molecule has 0 amide bonds. The number of hydrogen-bond donors (Lipinski definition) is 1. The van der Waals surface area contributed by atoms with Gasteiger partial charge in [-0.25, -0.2) is 0 Å². The van der Waals surface area contributed by atoms with Crippen LogP contribution in [-0.4, -0.2) is 18.6 Å². The van der Waals surface area contributed by atoms with Crippen molar-refractivity contribution in [2.45, 2.75) is 12.5 Å². The first-order chi connectivity index (χ1) is 7.20. The first kappa shape index (κ1) is 10.7. The van der Waals surface area contributed by atoms with E-state index in [4.69, 9.17) is 33.3 Å². The molecule has 4 heteroatoms. The molecule has 1 fully saturated rings. The lowest BCUT2D eigenvalue weighted by molar-refractivity contribution is 0.412. The maximum Gasteiger partial charge on any atom is 0.0857 e. The van der Waals surface area contributed by atoms with E-state index in [1.165, 1.54) is 0 Å². The summed E-state index contributed by atoms with van der Waals surface area (Å²) in [5.74, 6) is 2.42. The highest BCUT2D eigenvalue weighted by Crippen LogP contribution is 2.29. The van der Waals surface area contributed by atoms with E-state index in [1.54, 1.807) is 12.1 Å². The van der Waals surface area contributed by atoms with Gasteiger partial charge in [0.1, 0.15) is 0 Å². The van der Waals surface area contributed by atoms with E-state index in [-0.39, 0.29) is 6.10 Å². The highest BCUT2D eigenvalue weighted by atomic mass is 35.5. The first-order valence-electron chi connectivity index (χ1n) is 4.56. The summed E-state index contributed by atoms with van der Waals surface area (Å²) < 4.78 is 5.11. The number of epoxide rings is 1. The molecule has 1 aromatic rings. The Morgan fingerprint density at radius 1 is 1.47 bits per heavy atom. The number of hydrogen-bond acceptors (Lipinski definition) is 2. The Kier molecular flexibility index (Phi) is 3.13. The fourth-order valence-electron chi connectivity index (χ4n) is 1.34. The van der Waals surface area contributed by atoms with Crippen molar-refractivity contribution in [3.8, 4) is 0 Å². The van der Waals surface area contributed by atoms with Crippen LogP contribution in [-0.2, 0) is 4.74 Å². The Labute approximate surface area is 98.0 Å². The van der Waals surface area contributed by atoms with Gasteiger partial charge in [0.15, 0.2) is 0 Å². The van der Waals surface area contributed by atoms with E-state index >= 15 is 0 Å². The summed E-state index contributed by atoms with van der Waals surface area (Å²) in [4.78, 5) is 0. The molecule has 78 valence electrons.